The Morgan fingerprint density at radius 1 is 1.21 bits per heavy atom. The molecule has 0 radical (unpaired) electrons. The zero-order valence-corrected chi connectivity index (χ0v) is 17.0. The van der Waals surface area contributed by atoms with Gasteiger partial charge in [0.15, 0.2) is 5.82 Å². The Morgan fingerprint density at radius 2 is 1.96 bits per heavy atom. The van der Waals surface area contributed by atoms with E-state index in [0.717, 1.165) is 27.8 Å². The molecule has 9 heteroatoms. The predicted octanol–water partition coefficient (Wildman–Crippen LogP) is 5.22. The third-order valence-electron chi connectivity index (χ3n) is 3.55. The highest BCUT2D eigenvalue weighted by molar-refractivity contribution is 9.10. The second-order valence-corrected chi connectivity index (χ2v) is 6.92. The third kappa shape index (κ3) is 4.73. The molecule has 0 aliphatic rings. The van der Waals surface area contributed by atoms with Gasteiger partial charge >= 0.3 is 5.97 Å². The summed E-state index contributed by atoms with van der Waals surface area (Å²) >= 11 is 4.46. The molecule has 0 amide bonds. The van der Waals surface area contributed by atoms with Crippen molar-refractivity contribution in [2.24, 2.45) is 0 Å². The number of methoxy groups -OCH3 is 1. The molecule has 6 nitrogen and oxygen atoms in total. The number of rotatable bonds is 7. The first-order valence-corrected chi connectivity index (χ1v) is 9.52. The summed E-state index contributed by atoms with van der Waals surface area (Å²) in [5, 5.41) is 0.293. The molecule has 0 atom stereocenters. The molecule has 3 aromatic rings. The smallest absolute Gasteiger partial charge is 0.341 e. The number of aromatic nitrogens is 2. The van der Waals surface area contributed by atoms with Crippen molar-refractivity contribution in [3.8, 4) is 22.3 Å². The maximum atomic E-state index is 12.4. The fourth-order valence-electron chi connectivity index (χ4n) is 2.29. The second-order valence-electron chi connectivity index (χ2n) is 5.29. The molecule has 0 saturated heterocycles. The summed E-state index contributed by atoms with van der Waals surface area (Å²) in [6, 6.07) is 14.3. The second kappa shape index (κ2) is 9.43. The van der Waals surface area contributed by atoms with Crippen molar-refractivity contribution in [2.75, 3.05) is 14.0 Å². The molecule has 0 saturated carbocycles. The van der Waals surface area contributed by atoms with E-state index >= 15 is 0 Å². The summed E-state index contributed by atoms with van der Waals surface area (Å²) in [4.78, 5) is 16.4. The Kier molecular flexibility index (Phi) is 6.72. The van der Waals surface area contributed by atoms with Gasteiger partial charge in [-0.3, -0.25) is 0 Å². The molecule has 0 bridgehead atoms. The van der Waals surface area contributed by atoms with E-state index in [9.17, 15) is 9.18 Å². The van der Waals surface area contributed by atoms with Gasteiger partial charge in [-0.05, 0) is 18.2 Å². The first-order valence-electron chi connectivity index (χ1n) is 7.95. The Bertz CT molecular complexity index is 992. The largest absolute Gasteiger partial charge is 0.470 e. The molecule has 0 unspecified atom stereocenters. The SMILES string of the molecule is COC(=O)/C(=C\OCF)c1ccccc1Oc1nc(-c2ccc(Br)cc2)ns1. The van der Waals surface area contributed by atoms with Crippen LogP contribution in [0.2, 0.25) is 0 Å². The van der Waals surface area contributed by atoms with Crippen molar-refractivity contribution in [1.29, 1.82) is 0 Å². The lowest BCUT2D eigenvalue weighted by Gasteiger charge is -2.10. The summed E-state index contributed by atoms with van der Waals surface area (Å²) < 4.78 is 32.9. The van der Waals surface area contributed by atoms with E-state index in [-0.39, 0.29) is 5.57 Å². The molecule has 2 aromatic carbocycles. The first kappa shape index (κ1) is 20.0. The fraction of sp³-hybridized carbons (Fsp3) is 0.105. The highest BCUT2D eigenvalue weighted by atomic mass is 79.9. The first-order chi connectivity index (χ1) is 13.6. The van der Waals surface area contributed by atoms with Crippen LogP contribution < -0.4 is 4.74 Å². The predicted molar refractivity (Wildman–Crippen MR) is 107 cm³/mol. The number of nitrogens with zero attached hydrogens (tertiary/aromatic N) is 2. The summed E-state index contributed by atoms with van der Waals surface area (Å²) in [5.41, 5.74) is 1.24. The van der Waals surface area contributed by atoms with Crippen LogP contribution in [0.3, 0.4) is 0 Å². The van der Waals surface area contributed by atoms with Crippen LogP contribution in [0.15, 0.2) is 59.3 Å². The van der Waals surface area contributed by atoms with E-state index in [2.05, 4.69) is 30.0 Å². The quantitative estimate of drug-likeness (QED) is 0.271. The van der Waals surface area contributed by atoms with Gasteiger partial charge in [-0.15, -0.1) is 0 Å². The Balaban J connectivity index is 1.89. The molecular formula is C19H14BrFN2O4S. The van der Waals surface area contributed by atoms with E-state index in [1.165, 1.54) is 7.11 Å². The number of benzene rings is 2. The van der Waals surface area contributed by atoms with Gasteiger partial charge in [0, 0.05) is 27.1 Å². The number of ether oxygens (including phenoxy) is 3. The molecule has 0 spiro atoms. The minimum absolute atomic E-state index is 0.0217. The molecule has 0 N–H and O–H groups in total. The van der Waals surface area contributed by atoms with Crippen molar-refractivity contribution in [3.63, 3.8) is 0 Å². The zero-order chi connectivity index (χ0) is 19.9. The number of carbonyl (C=O) groups excluding carboxylic acids is 1. The average molecular weight is 465 g/mol. The van der Waals surface area contributed by atoms with Crippen LogP contribution in [-0.2, 0) is 14.3 Å². The summed E-state index contributed by atoms with van der Waals surface area (Å²) in [6.45, 7) is -1.07. The van der Waals surface area contributed by atoms with Gasteiger partial charge in [-0.1, -0.05) is 46.3 Å². The Hall–Kier alpha value is -2.78. The lowest BCUT2D eigenvalue weighted by Crippen LogP contribution is -2.06. The van der Waals surface area contributed by atoms with Crippen molar-refractivity contribution < 1.29 is 23.4 Å². The van der Waals surface area contributed by atoms with Gasteiger partial charge in [0.2, 0.25) is 6.86 Å². The molecule has 1 aromatic heterocycles. The summed E-state index contributed by atoms with van der Waals surface area (Å²) in [6.07, 6.45) is 1.00. The van der Waals surface area contributed by atoms with Gasteiger partial charge in [-0.25, -0.2) is 9.18 Å². The van der Waals surface area contributed by atoms with Crippen LogP contribution in [0.5, 0.6) is 10.9 Å². The van der Waals surface area contributed by atoms with Gasteiger partial charge in [0.25, 0.3) is 5.19 Å². The third-order valence-corrected chi connectivity index (χ3v) is 4.68. The van der Waals surface area contributed by atoms with E-state index in [0.29, 0.717) is 22.3 Å². The van der Waals surface area contributed by atoms with E-state index in [4.69, 9.17) is 9.47 Å². The van der Waals surface area contributed by atoms with E-state index in [1.807, 2.05) is 24.3 Å². The highest BCUT2D eigenvalue weighted by Crippen LogP contribution is 2.33. The molecule has 0 fully saturated rings. The molecule has 0 aliphatic carbocycles. The van der Waals surface area contributed by atoms with Gasteiger partial charge in [-0.2, -0.15) is 9.36 Å². The normalized spacial score (nSPS) is 11.2. The Labute approximate surface area is 172 Å². The van der Waals surface area contributed by atoms with Gasteiger partial charge in [0.05, 0.1) is 7.11 Å². The lowest BCUT2D eigenvalue weighted by atomic mass is 10.1. The number of halogens is 2. The molecule has 0 aliphatic heterocycles. The molecule has 1 heterocycles. The van der Waals surface area contributed by atoms with E-state index < -0.39 is 12.8 Å². The number of para-hydroxylation sites is 1. The number of esters is 1. The maximum Gasteiger partial charge on any atom is 0.341 e. The number of hydrogen-bond acceptors (Lipinski definition) is 7. The average Bonchev–Trinajstić information content (AvgIpc) is 3.18. The van der Waals surface area contributed by atoms with Gasteiger partial charge < -0.3 is 14.2 Å². The van der Waals surface area contributed by atoms with Crippen LogP contribution in [0.4, 0.5) is 4.39 Å². The summed E-state index contributed by atoms with van der Waals surface area (Å²) in [7, 11) is 1.23. The van der Waals surface area contributed by atoms with Crippen LogP contribution in [0.25, 0.3) is 17.0 Å². The van der Waals surface area contributed by atoms with E-state index in [1.54, 1.807) is 24.3 Å². The van der Waals surface area contributed by atoms with Crippen molar-refractivity contribution in [3.05, 3.63) is 64.8 Å². The fourth-order valence-corrected chi connectivity index (χ4v) is 3.12. The maximum absolute atomic E-state index is 12.4. The number of carbonyl (C=O) groups is 1. The zero-order valence-electron chi connectivity index (χ0n) is 14.6. The minimum Gasteiger partial charge on any atom is -0.470 e. The monoisotopic (exact) mass is 464 g/mol. The molecule has 144 valence electrons. The van der Waals surface area contributed by atoms with Crippen molar-refractivity contribution >= 4 is 39.0 Å². The standard InChI is InChI=1S/C19H14BrFN2O4S/c1-25-18(24)15(10-26-11-21)14-4-2-3-5-16(14)27-19-22-17(23-28-19)12-6-8-13(20)9-7-12/h2-10H,11H2,1H3/b15-10-. The molecule has 28 heavy (non-hydrogen) atoms. The van der Waals surface area contributed by atoms with Gasteiger partial charge in [0.1, 0.15) is 17.6 Å². The minimum atomic E-state index is -1.07. The Morgan fingerprint density at radius 3 is 2.68 bits per heavy atom. The van der Waals surface area contributed by atoms with Crippen LogP contribution >= 0.6 is 27.5 Å². The molecule has 3 rings (SSSR count). The summed E-state index contributed by atoms with van der Waals surface area (Å²) in [5.74, 6) is 0.173. The van der Waals surface area contributed by atoms with Crippen LogP contribution in [0.1, 0.15) is 5.56 Å². The van der Waals surface area contributed by atoms with Crippen LogP contribution in [-0.4, -0.2) is 29.3 Å². The molecular weight excluding hydrogens is 451 g/mol. The van der Waals surface area contributed by atoms with Crippen LogP contribution in [0, 0.1) is 0 Å². The lowest BCUT2D eigenvalue weighted by molar-refractivity contribution is -0.133. The highest BCUT2D eigenvalue weighted by Gasteiger charge is 2.19. The van der Waals surface area contributed by atoms with Crippen molar-refractivity contribution in [2.45, 2.75) is 0 Å². The number of alkyl halides is 1. The number of hydrogen-bond donors (Lipinski definition) is 0. The van der Waals surface area contributed by atoms with Crippen molar-refractivity contribution in [1.82, 2.24) is 9.36 Å². The topological polar surface area (TPSA) is 70.5 Å².